The van der Waals surface area contributed by atoms with Crippen LogP contribution in [0.25, 0.3) is 0 Å². The van der Waals surface area contributed by atoms with Gasteiger partial charge in [0.25, 0.3) is 0 Å². The third kappa shape index (κ3) is 2.49. The van der Waals surface area contributed by atoms with Crippen molar-refractivity contribution >= 4 is 11.6 Å². The van der Waals surface area contributed by atoms with Gasteiger partial charge in [0, 0.05) is 0 Å². The van der Waals surface area contributed by atoms with Gasteiger partial charge < -0.3 is 5.11 Å². The molecule has 0 saturated heterocycles. The van der Waals surface area contributed by atoms with Crippen molar-refractivity contribution in [1.29, 1.82) is 0 Å². The summed E-state index contributed by atoms with van der Waals surface area (Å²) in [7, 11) is 0. The fraction of sp³-hybridized carbons (Fsp3) is 1.00. The molecule has 0 rings (SSSR count). The van der Waals surface area contributed by atoms with E-state index in [0.29, 0.717) is 0 Å². The van der Waals surface area contributed by atoms with E-state index in [0.717, 1.165) is 6.42 Å². The topological polar surface area (TPSA) is 20.2 Å². The molecule has 0 fully saturated rings. The molecule has 0 heterocycles. The molecule has 6 heavy (non-hydrogen) atoms. The zero-order chi connectivity index (χ0) is 4.99. The maximum absolute atomic E-state index is 8.20. The second-order valence-corrected chi connectivity index (χ2v) is 1.81. The Balaban J connectivity index is 2.75. The Labute approximate surface area is 42.9 Å². The Morgan fingerprint density at radius 1 is 1.83 bits per heavy atom. The Hall–Kier alpha value is 0.250. The monoisotopic (exact) mass is 108 g/mol. The molecule has 1 nitrogen and oxygen atoms in total. The molecule has 0 unspecified atom stereocenters. The quantitative estimate of drug-likeness (QED) is 0.524. The second-order valence-electron chi connectivity index (χ2n) is 1.19. The third-order valence-corrected chi connectivity index (χ3v) is 1.09. The summed E-state index contributed by atoms with van der Waals surface area (Å²) in [4.78, 5) is 0. The van der Waals surface area contributed by atoms with E-state index in [1.54, 1.807) is 0 Å². The molecule has 0 saturated carbocycles. The minimum atomic E-state index is -0.0370. The molecular formula is C4H9ClO. The number of aliphatic hydroxyl groups excluding tert-OH is 1. The summed E-state index contributed by atoms with van der Waals surface area (Å²) in [6, 6.07) is 0. The van der Waals surface area contributed by atoms with E-state index < -0.39 is 0 Å². The molecule has 0 aromatic heterocycles. The van der Waals surface area contributed by atoms with Gasteiger partial charge in [-0.1, -0.05) is 6.92 Å². The molecule has 0 aliphatic carbocycles. The number of rotatable bonds is 2. The Morgan fingerprint density at radius 2 is 2.33 bits per heavy atom. The van der Waals surface area contributed by atoms with Gasteiger partial charge in [0.2, 0.25) is 0 Å². The lowest BCUT2D eigenvalue weighted by atomic mass is 10.4. The summed E-state index contributed by atoms with van der Waals surface area (Å²) >= 11 is 5.40. The number of hydrogen-bond donors (Lipinski definition) is 1. The van der Waals surface area contributed by atoms with E-state index in [9.17, 15) is 0 Å². The fourth-order valence-electron chi connectivity index (χ4n) is 0.129. The summed E-state index contributed by atoms with van der Waals surface area (Å²) in [6.45, 7) is 2.03. The van der Waals surface area contributed by atoms with Crippen LogP contribution in [0.15, 0.2) is 0 Å². The van der Waals surface area contributed by atoms with Gasteiger partial charge in [-0.15, -0.1) is 11.6 Å². The van der Waals surface area contributed by atoms with Crippen LogP contribution < -0.4 is 0 Å². The Morgan fingerprint density at radius 3 is 2.33 bits per heavy atom. The highest BCUT2D eigenvalue weighted by atomic mass is 35.5. The summed E-state index contributed by atoms with van der Waals surface area (Å²) in [5, 5.41) is 8.17. The molecule has 0 aliphatic rings. The van der Waals surface area contributed by atoms with Gasteiger partial charge in [0.1, 0.15) is 0 Å². The van der Waals surface area contributed by atoms with E-state index in [1.807, 2.05) is 6.92 Å². The first kappa shape index (κ1) is 6.25. The highest BCUT2D eigenvalue weighted by Gasteiger charge is 1.93. The van der Waals surface area contributed by atoms with Crippen molar-refractivity contribution in [3.63, 3.8) is 0 Å². The van der Waals surface area contributed by atoms with E-state index in [-0.39, 0.29) is 12.0 Å². The van der Waals surface area contributed by atoms with Crippen molar-refractivity contribution in [3.8, 4) is 0 Å². The van der Waals surface area contributed by atoms with Crippen molar-refractivity contribution in [3.05, 3.63) is 0 Å². The van der Waals surface area contributed by atoms with Crippen LogP contribution in [0.4, 0.5) is 0 Å². The summed E-state index contributed by atoms with van der Waals surface area (Å²) in [5.74, 6) is 0. The van der Waals surface area contributed by atoms with Crippen molar-refractivity contribution in [2.75, 3.05) is 6.61 Å². The molecular weight excluding hydrogens is 99.5 g/mol. The normalized spacial score (nSPS) is 14.5. The largest absolute Gasteiger partial charge is 0.395 e. The number of alkyl halides is 1. The molecule has 1 N–H and O–H groups in total. The maximum atomic E-state index is 8.20. The van der Waals surface area contributed by atoms with Crippen LogP contribution in [0.3, 0.4) is 0 Å². The van der Waals surface area contributed by atoms with E-state index in [1.165, 1.54) is 0 Å². The SMILES string of the molecule is CC[C@H](Cl)CO. The molecule has 0 aliphatic heterocycles. The van der Waals surface area contributed by atoms with Crippen LogP contribution in [-0.4, -0.2) is 17.1 Å². The highest BCUT2D eigenvalue weighted by molar-refractivity contribution is 6.20. The zero-order valence-corrected chi connectivity index (χ0v) is 4.57. The number of aliphatic hydroxyl groups is 1. The Kier molecular flexibility index (Phi) is 3.58. The smallest absolute Gasteiger partial charge is 0.0595 e. The number of halogens is 1. The molecule has 1 atom stereocenters. The minimum absolute atomic E-state index is 0.0370. The van der Waals surface area contributed by atoms with Gasteiger partial charge in [-0.2, -0.15) is 0 Å². The van der Waals surface area contributed by atoms with Crippen LogP contribution in [0.2, 0.25) is 0 Å². The highest BCUT2D eigenvalue weighted by Crippen LogP contribution is 1.96. The van der Waals surface area contributed by atoms with Crippen LogP contribution in [0.1, 0.15) is 13.3 Å². The molecule has 0 spiro atoms. The minimum Gasteiger partial charge on any atom is -0.395 e. The number of hydrogen-bond acceptors (Lipinski definition) is 1. The van der Waals surface area contributed by atoms with Gasteiger partial charge in [0.05, 0.1) is 12.0 Å². The van der Waals surface area contributed by atoms with Gasteiger partial charge in [-0.05, 0) is 6.42 Å². The predicted molar refractivity (Wildman–Crippen MR) is 27.0 cm³/mol. The molecule has 0 aromatic carbocycles. The molecule has 0 bridgehead atoms. The van der Waals surface area contributed by atoms with Gasteiger partial charge in [-0.25, -0.2) is 0 Å². The maximum Gasteiger partial charge on any atom is 0.0595 e. The van der Waals surface area contributed by atoms with Crippen LogP contribution >= 0.6 is 11.6 Å². The lowest BCUT2D eigenvalue weighted by Gasteiger charge is -1.95. The molecule has 2 heteroatoms. The lowest BCUT2D eigenvalue weighted by Crippen LogP contribution is -2.00. The van der Waals surface area contributed by atoms with Gasteiger partial charge in [0.15, 0.2) is 0 Å². The predicted octanol–water partition coefficient (Wildman–Crippen LogP) is 0.996. The van der Waals surface area contributed by atoms with E-state index in [2.05, 4.69) is 0 Å². The van der Waals surface area contributed by atoms with Crippen molar-refractivity contribution in [2.24, 2.45) is 0 Å². The van der Waals surface area contributed by atoms with E-state index >= 15 is 0 Å². The first-order valence-corrected chi connectivity index (χ1v) is 2.49. The summed E-state index contributed by atoms with van der Waals surface area (Å²) in [5.41, 5.74) is 0. The standard InChI is InChI=1S/C4H9ClO/c1-2-4(5)3-6/h4,6H,2-3H2,1H3/t4-/m0/s1. The van der Waals surface area contributed by atoms with Gasteiger partial charge in [-0.3, -0.25) is 0 Å². The molecule has 0 amide bonds. The third-order valence-electron chi connectivity index (χ3n) is 0.641. The van der Waals surface area contributed by atoms with Gasteiger partial charge >= 0.3 is 0 Å². The van der Waals surface area contributed by atoms with Crippen LogP contribution in [-0.2, 0) is 0 Å². The molecule has 0 radical (unpaired) electrons. The van der Waals surface area contributed by atoms with Crippen molar-refractivity contribution < 1.29 is 5.11 Å². The first-order valence-electron chi connectivity index (χ1n) is 2.06. The average Bonchev–Trinajstić information content (AvgIpc) is 1.65. The fourth-order valence-corrected chi connectivity index (χ4v) is 0.129. The van der Waals surface area contributed by atoms with Crippen molar-refractivity contribution in [2.45, 2.75) is 18.7 Å². The Bertz CT molecular complexity index is 26.7. The van der Waals surface area contributed by atoms with Crippen molar-refractivity contribution in [1.82, 2.24) is 0 Å². The zero-order valence-electron chi connectivity index (χ0n) is 3.82. The summed E-state index contributed by atoms with van der Waals surface area (Å²) in [6.07, 6.45) is 0.845. The second kappa shape index (κ2) is 3.44. The molecule has 0 aromatic rings. The summed E-state index contributed by atoms with van der Waals surface area (Å²) < 4.78 is 0. The average molecular weight is 109 g/mol. The van der Waals surface area contributed by atoms with Crippen LogP contribution in [0.5, 0.6) is 0 Å². The first-order chi connectivity index (χ1) is 2.81. The molecule has 38 valence electrons. The lowest BCUT2D eigenvalue weighted by molar-refractivity contribution is 0.290. The van der Waals surface area contributed by atoms with E-state index in [4.69, 9.17) is 16.7 Å². The van der Waals surface area contributed by atoms with Crippen LogP contribution in [0, 0.1) is 0 Å².